The van der Waals surface area contributed by atoms with Crippen LogP contribution in [0.3, 0.4) is 0 Å². The second kappa shape index (κ2) is 7.77. The number of aromatic nitrogens is 5. The number of nitrogen functional groups attached to an aromatic ring is 1. The lowest BCUT2D eigenvalue weighted by Gasteiger charge is -2.12. The van der Waals surface area contributed by atoms with Crippen molar-refractivity contribution >= 4 is 33.6 Å². The summed E-state index contributed by atoms with van der Waals surface area (Å²) in [5, 5.41) is 19.4. The maximum absolute atomic E-state index is 14.0. The molecule has 0 aliphatic heterocycles. The molecular formula is C23H20FN7O. The number of phenols is 1. The van der Waals surface area contributed by atoms with Crippen molar-refractivity contribution in [2.24, 2.45) is 0 Å². The first kappa shape index (κ1) is 19.7. The Hall–Kier alpha value is -4.27. The molecule has 0 atom stereocenters. The fraction of sp³-hybridized carbons (Fsp3) is 0.130. The largest absolute Gasteiger partial charge is 0.508 e. The van der Waals surface area contributed by atoms with Gasteiger partial charge in [0.15, 0.2) is 5.65 Å². The van der Waals surface area contributed by atoms with Gasteiger partial charge < -0.3 is 16.2 Å². The molecule has 32 heavy (non-hydrogen) atoms. The molecule has 0 spiro atoms. The average Bonchev–Trinajstić information content (AvgIpc) is 3.13. The van der Waals surface area contributed by atoms with Crippen molar-refractivity contribution in [3.05, 3.63) is 66.2 Å². The van der Waals surface area contributed by atoms with Gasteiger partial charge in [-0.3, -0.25) is 0 Å². The number of para-hydroxylation sites is 1. The number of hydrogen-bond acceptors (Lipinski definition) is 7. The third kappa shape index (κ3) is 3.43. The molecule has 0 amide bonds. The normalized spacial score (nSPS) is 11.3. The summed E-state index contributed by atoms with van der Waals surface area (Å²) >= 11 is 0. The Morgan fingerprint density at radius 1 is 1.12 bits per heavy atom. The molecule has 160 valence electrons. The van der Waals surface area contributed by atoms with E-state index in [-0.39, 0.29) is 11.6 Å². The maximum Gasteiger partial charge on any atom is 0.164 e. The predicted octanol–water partition coefficient (Wildman–Crippen LogP) is 3.95. The number of rotatable bonds is 5. The van der Waals surface area contributed by atoms with Crippen LogP contribution in [0.1, 0.15) is 12.5 Å². The summed E-state index contributed by atoms with van der Waals surface area (Å²) in [7, 11) is 0. The van der Waals surface area contributed by atoms with E-state index in [1.807, 2.05) is 31.2 Å². The summed E-state index contributed by atoms with van der Waals surface area (Å²) in [6.07, 6.45) is 1.37. The number of anilines is 2. The summed E-state index contributed by atoms with van der Waals surface area (Å²) in [6.45, 7) is 3.07. The monoisotopic (exact) mass is 429 g/mol. The average molecular weight is 429 g/mol. The highest BCUT2D eigenvalue weighted by Crippen LogP contribution is 2.33. The Morgan fingerprint density at radius 3 is 2.78 bits per heavy atom. The minimum Gasteiger partial charge on any atom is -0.508 e. The van der Waals surface area contributed by atoms with E-state index in [1.165, 1.54) is 18.5 Å². The van der Waals surface area contributed by atoms with Crippen LogP contribution >= 0.6 is 0 Å². The Morgan fingerprint density at radius 2 is 1.97 bits per heavy atom. The van der Waals surface area contributed by atoms with Gasteiger partial charge in [0.05, 0.1) is 17.4 Å². The van der Waals surface area contributed by atoms with Crippen LogP contribution in [0.25, 0.3) is 33.2 Å². The van der Waals surface area contributed by atoms with Gasteiger partial charge in [-0.15, -0.1) is 0 Å². The third-order valence-electron chi connectivity index (χ3n) is 5.18. The van der Waals surface area contributed by atoms with Crippen LogP contribution in [0.5, 0.6) is 5.75 Å². The van der Waals surface area contributed by atoms with Crippen molar-refractivity contribution in [1.29, 1.82) is 0 Å². The van der Waals surface area contributed by atoms with Crippen LogP contribution in [-0.2, 0) is 6.54 Å². The van der Waals surface area contributed by atoms with E-state index in [0.717, 1.165) is 28.4 Å². The zero-order chi connectivity index (χ0) is 22.2. The fourth-order valence-corrected chi connectivity index (χ4v) is 3.82. The highest BCUT2D eigenvalue weighted by Gasteiger charge is 2.19. The quantitative estimate of drug-likeness (QED) is 0.387. The molecule has 0 unspecified atom stereocenters. The molecule has 0 saturated heterocycles. The van der Waals surface area contributed by atoms with Gasteiger partial charge in [0.25, 0.3) is 0 Å². The number of pyridine rings is 1. The summed E-state index contributed by atoms with van der Waals surface area (Å²) < 4.78 is 15.7. The van der Waals surface area contributed by atoms with Crippen molar-refractivity contribution in [1.82, 2.24) is 24.7 Å². The first-order valence-corrected chi connectivity index (χ1v) is 10.1. The number of nitrogens with zero attached hydrogens (tertiary/aromatic N) is 5. The van der Waals surface area contributed by atoms with Crippen molar-refractivity contribution in [2.75, 3.05) is 17.6 Å². The number of fused-ring (bicyclic) bond motifs is 2. The first-order valence-electron chi connectivity index (χ1n) is 10.1. The van der Waals surface area contributed by atoms with Crippen molar-refractivity contribution in [2.45, 2.75) is 13.5 Å². The highest BCUT2D eigenvalue weighted by molar-refractivity contribution is 5.98. The predicted molar refractivity (Wildman–Crippen MR) is 122 cm³/mol. The summed E-state index contributed by atoms with van der Waals surface area (Å²) in [4.78, 5) is 13.2. The number of aromatic hydroxyl groups is 1. The number of hydrogen-bond donors (Lipinski definition) is 3. The molecule has 5 rings (SSSR count). The van der Waals surface area contributed by atoms with E-state index < -0.39 is 5.82 Å². The molecule has 9 heteroatoms. The van der Waals surface area contributed by atoms with Crippen LogP contribution in [0.2, 0.25) is 0 Å². The van der Waals surface area contributed by atoms with E-state index in [1.54, 1.807) is 4.68 Å². The van der Waals surface area contributed by atoms with Gasteiger partial charge >= 0.3 is 0 Å². The van der Waals surface area contributed by atoms with E-state index in [2.05, 4.69) is 26.4 Å². The summed E-state index contributed by atoms with van der Waals surface area (Å²) in [6, 6.07) is 13.7. The number of halogens is 1. The maximum atomic E-state index is 14.0. The molecule has 0 fully saturated rings. The molecule has 0 radical (unpaired) electrons. The van der Waals surface area contributed by atoms with Gasteiger partial charge in [-0.2, -0.15) is 5.10 Å². The standard InChI is InChI=1S/C23H20FN7O/c1-2-26-22-15(7-13-5-3-4-6-18(13)29-22)11-31-23-19(21(25)27-12-28-23)20(30-31)14-8-16(24)10-17(32)9-14/h3-10,12,32H,2,11H2,1H3,(H,26,29)(H2,25,27,28). The van der Waals surface area contributed by atoms with Gasteiger partial charge in [-0.1, -0.05) is 18.2 Å². The molecule has 5 aromatic rings. The van der Waals surface area contributed by atoms with Crippen LogP contribution in [-0.4, -0.2) is 36.4 Å². The Bertz CT molecular complexity index is 1440. The Kier molecular flexibility index (Phi) is 4.78. The lowest BCUT2D eigenvalue weighted by Crippen LogP contribution is -2.09. The molecular weight excluding hydrogens is 409 g/mol. The first-order chi connectivity index (χ1) is 15.5. The van der Waals surface area contributed by atoms with Gasteiger partial charge in [-0.25, -0.2) is 24.0 Å². The number of phenolic OH excluding ortho intramolecular Hbond substituents is 1. The SMILES string of the molecule is CCNc1nc2ccccc2cc1Cn1nc(-c2cc(O)cc(F)c2)c2c(N)ncnc21. The molecule has 0 saturated carbocycles. The number of nitrogens with one attached hydrogen (secondary N) is 1. The second-order valence-corrected chi connectivity index (χ2v) is 7.38. The van der Waals surface area contributed by atoms with Crippen LogP contribution in [0.15, 0.2) is 54.9 Å². The molecule has 3 aromatic heterocycles. The zero-order valence-electron chi connectivity index (χ0n) is 17.2. The van der Waals surface area contributed by atoms with E-state index in [0.29, 0.717) is 35.4 Å². The molecule has 2 aromatic carbocycles. The highest BCUT2D eigenvalue weighted by atomic mass is 19.1. The molecule has 4 N–H and O–H groups in total. The van der Waals surface area contributed by atoms with Crippen molar-refractivity contribution in [3.8, 4) is 17.0 Å². The molecule has 3 heterocycles. The molecule has 0 aliphatic rings. The molecule has 0 bridgehead atoms. The van der Waals surface area contributed by atoms with Crippen LogP contribution < -0.4 is 11.1 Å². The smallest absolute Gasteiger partial charge is 0.164 e. The van der Waals surface area contributed by atoms with Gasteiger partial charge in [0.2, 0.25) is 0 Å². The minimum absolute atomic E-state index is 0.203. The van der Waals surface area contributed by atoms with Crippen LogP contribution in [0.4, 0.5) is 16.0 Å². The van der Waals surface area contributed by atoms with E-state index >= 15 is 0 Å². The number of nitrogens with two attached hydrogens (primary N) is 1. The van der Waals surface area contributed by atoms with Crippen LogP contribution in [0, 0.1) is 5.82 Å². The fourth-order valence-electron chi connectivity index (χ4n) is 3.82. The Labute approximate surface area is 182 Å². The lowest BCUT2D eigenvalue weighted by atomic mass is 10.1. The minimum atomic E-state index is -0.578. The van der Waals surface area contributed by atoms with Gasteiger partial charge in [0.1, 0.15) is 35.2 Å². The van der Waals surface area contributed by atoms with Gasteiger partial charge in [-0.05, 0) is 31.2 Å². The van der Waals surface area contributed by atoms with Gasteiger partial charge in [0, 0.05) is 29.1 Å². The summed E-state index contributed by atoms with van der Waals surface area (Å²) in [5.41, 5.74) is 9.24. The molecule has 0 aliphatic carbocycles. The topological polar surface area (TPSA) is 115 Å². The Balaban J connectivity index is 1.69. The molecule has 8 nitrogen and oxygen atoms in total. The van der Waals surface area contributed by atoms with Crippen molar-refractivity contribution < 1.29 is 9.50 Å². The second-order valence-electron chi connectivity index (χ2n) is 7.38. The summed E-state index contributed by atoms with van der Waals surface area (Å²) in [5.74, 6) is 0.197. The lowest BCUT2D eigenvalue weighted by molar-refractivity contribution is 0.469. The number of benzene rings is 2. The third-order valence-corrected chi connectivity index (χ3v) is 5.18. The zero-order valence-corrected chi connectivity index (χ0v) is 17.2. The van der Waals surface area contributed by atoms with E-state index in [9.17, 15) is 9.50 Å². The van der Waals surface area contributed by atoms with E-state index in [4.69, 9.17) is 10.7 Å². The van der Waals surface area contributed by atoms with Crippen molar-refractivity contribution in [3.63, 3.8) is 0 Å².